The number of oxazole rings is 1. The molecule has 0 fully saturated rings. The van der Waals surface area contributed by atoms with Gasteiger partial charge in [0.15, 0.2) is 6.39 Å². The number of aromatic nitrogens is 1. The van der Waals surface area contributed by atoms with Gasteiger partial charge in [-0.1, -0.05) is 36.4 Å². The van der Waals surface area contributed by atoms with Gasteiger partial charge in [0, 0.05) is 0 Å². The van der Waals surface area contributed by atoms with Crippen LogP contribution in [0.5, 0.6) is 0 Å². The monoisotopic (exact) mass is 171 g/mol. The van der Waals surface area contributed by atoms with Gasteiger partial charge in [0.25, 0.3) is 0 Å². The maximum Gasteiger partial charge on any atom is 0.181 e. The van der Waals surface area contributed by atoms with Crippen molar-refractivity contribution in [3.8, 4) is 0 Å². The highest BCUT2D eigenvalue weighted by molar-refractivity contribution is 5.66. The minimum absolute atomic E-state index is 0.767. The highest BCUT2D eigenvalue weighted by Gasteiger charge is 1.88. The van der Waals surface area contributed by atoms with E-state index in [0.717, 1.165) is 11.3 Å². The maximum absolute atomic E-state index is 5.06. The van der Waals surface area contributed by atoms with Crippen LogP contribution in [0.3, 0.4) is 0 Å². The predicted molar refractivity (Wildman–Crippen MR) is 51.9 cm³/mol. The van der Waals surface area contributed by atoms with Crippen molar-refractivity contribution in [2.45, 2.75) is 0 Å². The molecule has 1 aromatic heterocycles. The summed E-state index contributed by atoms with van der Waals surface area (Å²) in [4.78, 5) is 3.82. The van der Waals surface area contributed by atoms with Crippen molar-refractivity contribution >= 4 is 12.2 Å². The molecule has 0 saturated heterocycles. The Hall–Kier alpha value is -1.83. The molecule has 0 aliphatic rings. The molecule has 0 N–H and O–H groups in total. The molecule has 2 heteroatoms. The number of benzene rings is 1. The van der Waals surface area contributed by atoms with Gasteiger partial charge in [0.2, 0.25) is 0 Å². The normalized spacial score (nSPS) is 10.8. The molecule has 0 radical (unpaired) electrons. The lowest BCUT2D eigenvalue weighted by atomic mass is 10.2. The molecule has 64 valence electrons. The summed E-state index contributed by atoms with van der Waals surface area (Å²) in [5.74, 6) is 0.767. The van der Waals surface area contributed by atoms with Crippen molar-refractivity contribution in [3.05, 3.63) is 54.2 Å². The molecule has 0 aliphatic carbocycles. The third-order valence-corrected chi connectivity index (χ3v) is 1.69. The Morgan fingerprint density at radius 1 is 1.08 bits per heavy atom. The topological polar surface area (TPSA) is 26.0 Å². The molecule has 0 saturated carbocycles. The lowest BCUT2D eigenvalue weighted by Crippen LogP contribution is -1.67. The summed E-state index contributed by atoms with van der Waals surface area (Å²) in [5, 5.41) is 0. The number of hydrogen-bond donors (Lipinski definition) is 0. The Kier molecular flexibility index (Phi) is 2.23. The first-order valence-corrected chi connectivity index (χ1v) is 4.07. The molecule has 0 aliphatic heterocycles. The number of nitrogens with zero attached hydrogens (tertiary/aromatic N) is 1. The average Bonchev–Trinajstić information content (AvgIpc) is 2.69. The minimum atomic E-state index is 0.767. The van der Waals surface area contributed by atoms with Crippen LogP contribution in [0.1, 0.15) is 11.3 Å². The first-order chi connectivity index (χ1) is 6.45. The summed E-state index contributed by atoms with van der Waals surface area (Å²) in [5.41, 5.74) is 1.15. The molecular weight excluding hydrogens is 162 g/mol. The van der Waals surface area contributed by atoms with Crippen LogP contribution in [-0.2, 0) is 0 Å². The van der Waals surface area contributed by atoms with Crippen molar-refractivity contribution in [1.29, 1.82) is 0 Å². The van der Waals surface area contributed by atoms with Crippen LogP contribution in [0, 0.1) is 0 Å². The second-order valence-electron chi connectivity index (χ2n) is 2.65. The second-order valence-corrected chi connectivity index (χ2v) is 2.65. The molecule has 13 heavy (non-hydrogen) atoms. The smallest absolute Gasteiger partial charge is 0.181 e. The first kappa shape index (κ1) is 7.80. The van der Waals surface area contributed by atoms with E-state index in [9.17, 15) is 0 Å². The standard InChI is InChI=1S/C11H9NO/c1-2-4-10(5-3-1)6-7-11-8-12-9-13-11/h1-9H. The van der Waals surface area contributed by atoms with E-state index in [1.807, 2.05) is 42.5 Å². The largest absolute Gasteiger partial charge is 0.444 e. The Morgan fingerprint density at radius 3 is 2.62 bits per heavy atom. The SMILES string of the molecule is C(=Cc1cnco1)c1ccccc1. The molecule has 0 atom stereocenters. The summed E-state index contributed by atoms with van der Waals surface area (Å²) < 4.78 is 5.06. The van der Waals surface area contributed by atoms with Gasteiger partial charge in [-0.2, -0.15) is 0 Å². The summed E-state index contributed by atoms with van der Waals surface area (Å²) in [6, 6.07) is 10.1. The zero-order chi connectivity index (χ0) is 8.93. The molecule has 0 bridgehead atoms. The summed E-state index contributed by atoms with van der Waals surface area (Å²) >= 11 is 0. The molecule has 0 amide bonds. The van der Waals surface area contributed by atoms with Crippen molar-refractivity contribution in [2.75, 3.05) is 0 Å². The second kappa shape index (κ2) is 3.72. The third-order valence-electron chi connectivity index (χ3n) is 1.69. The summed E-state index contributed by atoms with van der Waals surface area (Å²) in [6.07, 6.45) is 6.98. The summed E-state index contributed by atoms with van der Waals surface area (Å²) in [7, 11) is 0. The molecule has 2 nitrogen and oxygen atoms in total. The molecule has 2 aromatic rings. The van der Waals surface area contributed by atoms with Gasteiger partial charge in [-0.25, -0.2) is 4.98 Å². The zero-order valence-electron chi connectivity index (χ0n) is 7.05. The van der Waals surface area contributed by atoms with E-state index < -0.39 is 0 Å². The van der Waals surface area contributed by atoms with E-state index in [4.69, 9.17) is 4.42 Å². The Labute approximate surface area is 76.5 Å². The highest BCUT2D eigenvalue weighted by Crippen LogP contribution is 2.06. The van der Waals surface area contributed by atoms with Gasteiger partial charge in [-0.05, 0) is 11.6 Å². The Balaban J connectivity index is 2.15. The number of rotatable bonds is 2. The van der Waals surface area contributed by atoms with Gasteiger partial charge < -0.3 is 4.42 Å². The van der Waals surface area contributed by atoms with Gasteiger partial charge in [0.1, 0.15) is 5.76 Å². The minimum Gasteiger partial charge on any atom is -0.444 e. The van der Waals surface area contributed by atoms with Gasteiger partial charge in [0.05, 0.1) is 6.20 Å². The highest BCUT2D eigenvalue weighted by atomic mass is 16.3. The van der Waals surface area contributed by atoms with Crippen molar-refractivity contribution in [1.82, 2.24) is 4.98 Å². The van der Waals surface area contributed by atoms with E-state index in [0.29, 0.717) is 0 Å². The van der Waals surface area contributed by atoms with E-state index in [1.54, 1.807) is 6.20 Å². The molecule has 1 heterocycles. The van der Waals surface area contributed by atoms with E-state index >= 15 is 0 Å². The van der Waals surface area contributed by atoms with E-state index in [-0.39, 0.29) is 0 Å². The van der Waals surface area contributed by atoms with Crippen LogP contribution < -0.4 is 0 Å². The summed E-state index contributed by atoms with van der Waals surface area (Å²) in [6.45, 7) is 0. The molecule has 1 aromatic carbocycles. The predicted octanol–water partition coefficient (Wildman–Crippen LogP) is 2.85. The maximum atomic E-state index is 5.06. The van der Waals surface area contributed by atoms with Crippen LogP contribution >= 0.6 is 0 Å². The lowest BCUT2D eigenvalue weighted by molar-refractivity contribution is 0.548. The average molecular weight is 171 g/mol. The Morgan fingerprint density at radius 2 is 1.92 bits per heavy atom. The van der Waals surface area contributed by atoms with Crippen molar-refractivity contribution < 1.29 is 4.42 Å². The van der Waals surface area contributed by atoms with Crippen LogP contribution in [0.2, 0.25) is 0 Å². The van der Waals surface area contributed by atoms with Crippen LogP contribution in [0.4, 0.5) is 0 Å². The van der Waals surface area contributed by atoms with Gasteiger partial charge in [-0.3, -0.25) is 0 Å². The lowest BCUT2D eigenvalue weighted by Gasteiger charge is -1.88. The zero-order valence-corrected chi connectivity index (χ0v) is 7.05. The van der Waals surface area contributed by atoms with Crippen molar-refractivity contribution in [2.24, 2.45) is 0 Å². The third kappa shape index (κ3) is 2.06. The van der Waals surface area contributed by atoms with E-state index in [1.165, 1.54) is 6.39 Å². The Bertz CT molecular complexity index is 376. The molecule has 2 rings (SSSR count). The van der Waals surface area contributed by atoms with E-state index in [2.05, 4.69) is 4.98 Å². The fourth-order valence-corrected chi connectivity index (χ4v) is 1.05. The van der Waals surface area contributed by atoms with Gasteiger partial charge >= 0.3 is 0 Å². The van der Waals surface area contributed by atoms with Crippen LogP contribution in [-0.4, -0.2) is 4.98 Å². The first-order valence-electron chi connectivity index (χ1n) is 4.07. The number of hydrogen-bond acceptors (Lipinski definition) is 2. The molecular formula is C11H9NO. The fourth-order valence-electron chi connectivity index (χ4n) is 1.05. The van der Waals surface area contributed by atoms with Crippen molar-refractivity contribution in [3.63, 3.8) is 0 Å². The quantitative estimate of drug-likeness (QED) is 0.694. The van der Waals surface area contributed by atoms with Gasteiger partial charge in [-0.15, -0.1) is 0 Å². The molecule has 0 spiro atoms. The van der Waals surface area contributed by atoms with Crippen LogP contribution in [0.15, 0.2) is 47.3 Å². The molecule has 0 unspecified atom stereocenters. The van der Waals surface area contributed by atoms with Crippen LogP contribution in [0.25, 0.3) is 12.2 Å². The fraction of sp³-hybridized carbons (Fsp3) is 0.